The van der Waals surface area contributed by atoms with Gasteiger partial charge in [0.15, 0.2) is 0 Å². The van der Waals surface area contributed by atoms with Gasteiger partial charge in [0.25, 0.3) is 0 Å². The largest absolute Gasteiger partial charge is 0.347 e. The van der Waals surface area contributed by atoms with Gasteiger partial charge in [-0.1, -0.05) is 29.3 Å². The quantitative estimate of drug-likeness (QED) is 0.692. The molecular formula is C11H4Br2Cl2N2. The smallest absolute Gasteiger partial charge is 0.103 e. The molecule has 0 aliphatic heterocycles. The van der Waals surface area contributed by atoms with E-state index >= 15 is 0 Å². The Morgan fingerprint density at radius 1 is 1.18 bits per heavy atom. The fraction of sp³-hybridized carbons (Fsp3) is 0. The number of rotatable bonds is 1. The summed E-state index contributed by atoms with van der Waals surface area (Å²) in [6, 6.07) is 7.35. The van der Waals surface area contributed by atoms with E-state index in [0.717, 1.165) is 10.2 Å². The third-order valence-electron chi connectivity index (χ3n) is 2.22. The summed E-state index contributed by atoms with van der Waals surface area (Å²) in [6.45, 7) is 0. The lowest BCUT2D eigenvalue weighted by atomic mass is 10.1. The van der Waals surface area contributed by atoms with Crippen LogP contribution in [0.3, 0.4) is 0 Å². The minimum absolute atomic E-state index is 0.454. The van der Waals surface area contributed by atoms with Gasteiger partial charge >= 0.3 is 0 Å². The van der Waals surface area contributed by atoms with E-state index in [1.54, 1.807) is 18.2 Å². The highest BCUT2D eigenvalue weighted by molar-refractivity contribution is 9.13. The van der Waals surface area contributed by atoms with Crippen molar-refractivity contribution in [2.24, 2.45) is 0 Å². The second-order valence-corrected chi connectivity index (χ2v) is 5.64. The summed E-state index contributed by atoms with van der Waals surface area (Å²) >= 11 is 18.5. The molecule has 2 aromatic rings. The molecule has 0 fully saturated rings. The Kier molecular flexibility index (Phi) is 3.84. The monoisotopic (exact) mass is 392 g/mol. The fourth-order valence-corrected chi connectivity index (χ4v) is 2.50. The van der Waals surface area contributed by atoms with Crippen molar-refractivity contribution in [3.05, 3.63) is 42.9 Å². The molecular weight excluding hydrogens is 391 g/mol. The molecule has 0 bridgehead atoms. The van der Waals surface area contributed by atoms with E-state index in [4.69, 9.17) is 28.5 Å². The van der Waals surface area contributed by atoms with Crippen LogP contribution in [0.2, 0.25) is 10.0 Å². The number of aromatic nitrogens is 1. The lowest BCUT2D eigenvalue weighted by Gasteiger charge is -2.01. The Balaban J connectivity index is 2.65. The first-order valence-electron chi connectivity index (χ1n) is 4.47. The molecule has 0 amide bonds. The van der Waals surface area contributed by atoms with Crippen molar-refractivity contribution in [3.63, 3.8) is 0 Å². The number of benzene rings is 1. The highest BCUT2D eigenvalue weighted by Crippen LogP contribution is 2.36. The van der Waals surface area contributed by atoms with Gasteiger partial charge in [0.2, 0.25) is 0 Å². The van der Waals surface area contributed by atoms with Gasteiger partial charge in [0.1, 0.15) is 6.07 Å². The molecule has 6 heteroatoms. The zero-order chi connectivity index (χ0) is 12.6. The van der Waals surface area contributed by atoms with Gasteiger partial charge in [-0.05, 0) is 44.0 Å². The SMILES string of the molecule is N#Cc1c(-c2ccc(Cl)c(Cl)c2)[nH]c(Br)c1Br. The first-order valence-corrected chi connectivity index (χ1v) is 6.81. The Hall–Kier alpha value is -0.470. The second-order valence-electron chi connectivity index (χ2n) is 3.24. The van der Waals surface area contributed by atoms with Crippen molar-refractivity contribution in [2.75, 3.05) is 0 Å². The molecule has 1 heterocycles. The molecule has 2 rings (SSSR count). The molecule has 0 radical (unpaired) electrons. The van der Waals surface area contributed by atoms with Crippen LogP contribution in [0.5, 0.6) is 0 Å². The van der Waals surface area contributed by atoms with Gasteiger partial charge in [-0.2, -0.15) is 5.26 Å². The minimum Gasteiger partial charge on any atom is -0.347 e. The number of nitriles is 1. The summed E-state index contributed by atoms with van der Waals surface area (Å²) in [5, 5.41) is 10.1. The normalized spacial score (nSPS) is 10.3. The summed E-state index contributed by atoms with van der Waals surface area (Å²) in [5.41, 5.74) is 2.03. The van der Waals surface area contributed by atoms with E-state index in [2.05, 4.69) is 42.9 Å². The molecule has 0 spiro atoms. The molecule has 0 saturated heterocycles. The number of halogens is 4. The van der Waals surface area contributed by atoms with Crippen LogP contribution in [-0.2, 0) is 0 Å². The Morgan fingerprint density at radius 3 is 2.47 bits per heavy atom. The third-order valence-corrected chi connectivity index (χ3v) is 4.88. The molecule has 0 atom stereocenters. The maximum Gasteiger partial charge on any atom is 0.103 e. The van der Waals surface area contributed by atoms with Crippen molar-refractivity contribution >= 4 is 55.1 Å². The summed E-state index contributed by atoms with van der Waals surface area (Å²) in [4.78, 5) is 3.07. The van der Waals surface area contributed by atoms with Crippen LogP contribution in [0, 0.1) is 11.3 Å². The zero-order valence-corrected chi connectivity index (χ0v) is 12.9. The number of nitrogens with one attached hydrogen (secondary N) is 1. The van der Waals surface area contributed by atoms with Crippen LogP contribution < -0.4 is 0 Å². The Bertz CT molecular complexity index is 629. The van der Waals surface area contributed by atoms with E-state index in [0.29, 0.717) is 25.8 Å². The van der Waals surface area contributed by atoms with Crippen molar-refractivity contribution in [1.29, 1.82) is 5.26 Å². The van der Waals surface area contributed by atoms with E-state index in [9.17, 15) is 0 Å². The van der Waals surface area contributed by atoms with E-state index in [-0.39, 0.29) is 0 Å². The predicted molar refractivity (Wildman–Crippen MR) is 76.4 cm³/mol. The predicted octanol–water partition coefficient (Wildman–Crippen LogP) is 5.39. The second kappa shape index (κ2) is 5.03. The molecule has 2 nitrogen and oxygen atoms in total. The molecule has 0 aliphatic carbocycles. The molecule has 86 valence electrons. The summed E-state index contributed by atoms with van der Waals surface area (Å²) < 4.78 is 1.41. The first kappa shape index (κ1) is 13.0. The zero-order valence-electron chi connectivity index (χ0n) is 8.19. The average molecular weight is 395 g/mol. The first-order chi connectivity index (χ1) is 8.04. The molecule has 1 N–H and O–H groups in total. The van der Waals surface area contributed by atoms with Crippen molar-refractivity contribution in [3.8, 4) is 17.3 Å². The molecule has 0 unspecified atom stereocenters. The molecule has 1 aromatic carbocycles. The number of hydrogen-bond acceptors (Lipinski definition) is 1. The number of hydrogen-bond donors (Lipinski definition) is 1. The van der Waals surface area contributed by atoms with Crippen LogP contribution in [-0.4, -0.2) is 4.98 Å². The molecule has 0 saturated carbocycles. The number of H-pyrrole nitrogens is 1. The van der Waals surface area contributed by atoms with Crippen molar-refractivity contribution in [1.82, 2.24) is 4.98 Å². The van der Waals surface area contributed by atoms with Gasteiger partial charge in [0.05, 0.1) is 30.4 Å². The van der Waals surface area contributed by atoms with E-state index < -0.39 is 0 Å². The van der Waals surface area contributed by atoms with Gasteiger partial charge in [-0.25, -0.2) is 0 Å². The third kappa shape index (κ3) is 2.38. The summed E-state index contributed by atoms with van der Waals surface area (Å²) in [7, 11) is 0. The lowest BCUT2D eigenvalue weighted by molar-refractivity contribution is 1.34. The number of nitrogens with zero attached hydrogens (tertiary/aromatic N) is 1. The number of aromatic amines is 1. The van der Waals surface area contributed by atoms with E-state index in [1.165, 1.54) is 0 Å². The standard InChI is InChI=1S/C11H4Br2Cl2N2/c12-9-6(4-16)10(17-11(9)13)5-1-2-7(14)8(15)3-5/h1-3,17H. The summed E-state index contributed by atoms with van der Waals surface area (Å²) in [6.07, 6.45) is 0. The molecule has 17 heavy (non-hydrogen) atoms. The van der Waals surface area contributed by atoms with Crippen LogP contribution in [0.1, 0.15) is 5.56 Å². The van der Waals surface area contributed by atoms with Gasteiger partial charge in [-0.15, -0.1) is 0 Å². The van der Waals surface area contributed by atoms with Crippen LogP contribution in [0.15, 0.2) is 27.3 Å². The minimum atomic E-state index is 0.454. The van der Waals surface area contributed by atoms with E-state index in [1.807, 2.05) is 0 Å². The van der Waals surface area contributed by atoms with Crippen molar-refractivity contribution in [2.45, 2.75) is 0 Å². The Morgan fingerprint density at radius 2 is 1.88 bits per heavy atom. The van der Waals surface area contributed by atoms with Crippen LogP contribution >= 0.6 is 55.1 Å². The highest BCUT2D eigenvalue weighted by atomic mass is 79.9. The lowest BCUT2D eigenvalue weighted by Crippen LogP contribution is -1.82. The maximum atomic E-state index is 9.12. The molecule has 1 aromatic heterocycles. The molecule has 0 aliphatic rings. The average Bonchev–Trinajstić information content (AvgIpc) is 2.59. The highest BCUT2D eigenvalue weighted by Gasteiger charge is 2.15. The van der Waals surface area contributed by atoms with Crippen molar-refractivity contribution < 1.29 is 0 Å². The van der Waals surface area contributed by atoms with Gasteiger partial charge < -0.3 is 4.98 Å². The van der Waals surface area contributed by atoms with Gasteiger partial charge in [0, 0.05) is 5.56 Å². The van der Waals surface area contributed by atoms with Crippen LogP contribution in [0.25, 0.3) is 11.3 Å². The Labute approximate surface area is 125 Å². The topological polar surface area (TPSA) is 39.6 Å². The summed E-state index contributed by atoms with van der Waals surface area (Å²) in [5.74, 6) is 0. The fourth-order valence-electron chi connectivity index (χ4n) is 1.42. The van der Waals surface area contributed by atoms with Crippen LogP contribution in [0.4, 0.5) is 0 Å². The maximum absolute atomic E-state index is 9.12. The van der Waals surface area contributed by atoms with Gasteiger partial charge in [-0.3, -0.25) is 0 Å².